The maximum atomic E-state index is 10.4. The van der Waals surface area contributed by atoms with Gasteiger partial charge in [0.2, 0.25) is 0 Å². The van der Waals surface area contributed by atoms with E-state index >= 15 is 0 Å². The number of hydrogen-bond donors (Lipinski definition) is 1. The predicted octanol–water partition coefficient (Wildman–Crippen LogP) is 2.57. The maximum absolute atomic E-state index is 10.4. The van der Waals surface area contributed by atoms with Crippen LogP contribution in [0, 0.1) is 6.92 Å². The minimum absolute atomic E-state index is 0.512. The van der Waals surface area contributed by atoms with Crippen molar-refractivity contribution in [2.24, 2.45) is 7.05 Å². The van der Waals surface area contributed by atoms with Gasteiger partial charge < -0.3 is 5.11 Å². The van der Waals surface area contributed by atoms with E-state index in [9.17, 15) is 5.11 Å². The van der Waals surface area contributed by atoms with Gasteiger partial charge in [-0.2, -0.15) is 5.10 Å². The maximum Gasteiger partial charge on any atom is 0.0972 e. The van der Waals surface area contributed by atoms with Crippen LogP contribution in [0.25, 0.3) is 0 Å². The number of aliphatic hydroxyl groups excluding tert-OH is 1. The van der Waals surface area contributed by atoms with Crippen molar-refractivity contribution in [3.8, 4) is 0 Å². The van der Waals surface area contributed by atoms with Crippen molar-refractivity contribution in [3.05, 3.63) is 26.4 Å². The molecule has 1 unspecified atom stereocenters. The van der Waals surface area contributed by atoms with Crippen LogP contribution in [-0.4, -0.2) is 24.5 Å². The molecule has 7 heteroatoms. The molecule has 0 aliphatic carbocycles. The number of hydrogen-bond acceptors (Lipinski definition) is 5. The molecule has 2 heterocycles. The van der Waals surface area contributed by atoms with E-state index in [0.717, 1.165) is 39.3 Å². The van der Waals surface area contributed by atoms with Gasteiger partial charge in [0.25, 0.3) is 0 Å². The van der Waals surface area contributed by atoms with Crippen LogP contribution in [0.5, 0.6) is 0 Å². The van der Waals surface area contributed by atoms with Crippen LogP contribution in [-0.2, 0) is 19.9 Å². The molecule has 0 bridgehead atoms. The molecule has 0 aliphatic heterocycles. The molecule has 1 N–H and O–H groups in total. The van der Waals surface area contributed by atoms with Gasteiger partial charge in [0, 0.05) is 13.5 Å². The first kappa shape index (κ1) is 14.6. The first-order chi connectivity index (χ1) is 9.04. The second kappa shape index (κ2) is 6.11. The monoisotopic (exact) mass is 344 g/mol. The lowest BCUT2D eigenvalue weighted by Gasteiger charge is -2.10. The van der Waals surface area contributed by atoms with Crippen LogP contribution in [0.4, 0.5) is 0 Å². The Labute approximate surface area is 125 Å². The average Bonchev–Trinajstić information content (AvgIpc) is 2.91. The molecule has 0 saturated heterocycles. The van der Waals surface area contributed by atoms with Gasteiger partial charge in [0.05, 0.1) is 32.5 Å². The summed E-state index contributed by atoms with van der Waals surface area (Å²) in [5, 5.41) is 18.8. The summed E-state index contributed by atoms with van der Waals surface area (Å²) in [5.41, 5.74) is 2.83. The Morgan fingerprint density at radius 1 is 1.47 bits per heavy atom. The zero-order valence-corrected chi connectivity index (χ0v) is 13.6. The molecular formula is C12H17BrN4OS. The molecule has 0 saturated carbocycles. The Balaban J connectivity index is 2.20. The quantitative estimate of drug-likeness (QED) is 0.905. The van der Waals surface area contributed by atoms with Gasteiger partial charge in [-0.3, -0.25) is 4.68 Å². The summed E-state index contributed by atoms with van der Waals surface area (Å²) in [4.78, 5) is 0.868. The van der Waals surface area contributed by atoms with E-state index in [0.29, 0.717) is 6.42 Å². The molecule has 0 fully saturated rings. The molecule has 0 aromatic carbocycles. The summed E-state index contributed by atoms with van der Waals surface area (Å²) in [6.45, 7) is 4.04. The van der Waals surface area contributed by atoms with Gasteiger partial charge in [-0.05, 0) is 40.8 Å². The Bertz CT molecular complexity index is 566. The Hall–Kier alpha value is -0.790. The van der Waals surface area contributed by atoms with E-state index in [-0.39, 0.29) is 0 Å². The Morgan fingerprint density at radius 3 is 2.79 bits per heavy atom. The highest BCUT2D eigenvalue weighted by molar-refractivity contribution is 9.10. The second-order valence-corrected chi connectivity index (χ2v) is 6.10. The molecule has 5 nitrogen and oxygen atoms in total. The molecule has 2 aromatic heterocycles. The summed E-state index contributed by atoms with van der Waals surface area (Å²) in [6, 6.07) is 0. The lowest BCUT2D eigenvalue weighted by molar-refractivity contribution is 0.178. The van der Waals surface area contributed by atoms with Gasteiger partial charge in [0.15, 0.2) is 0 Å². The van der Waals surface area contributed by atoms with Crippen LogP contribution in [0.1, 0.15) is 41.4 Å². The predicted molar refractivity (Wildman–Crippen MR) is 78.2 cm³/mol. The number of nitrogens with zero attached hydrogens (tertiary/aromatic N) is 4. The fourth-order valence-electron chi connectivity index (χ4n) is 2.06. The van der Waals surface area contributed by atoms with Gasteiger partial charge in [-0.15, -0.1) is 5.10 Å². The number of halogens is 1. The van der Waals surface area contributed by atoms with E-state index in [1.54, 1.807) is 4.68 Å². The van der Waals surface area contributed by atoms with E-state index in [1.807, 2.05) is 14.0 Å². The third-order valence-electron chi connectivity index (χ3n) is 3.02. The van der Waals surface area contributed by atoms with Gasteiger partial charge in [0.1, 0.15) is 0 Å². The summed E-state index contributed by atoms with van der Waals surface area (Å²) < 4.78 is 6.71. The topological polar surface area (TPSA) is 63.8 Å². The highest BCUT2D eigenvalue weighted by atomic mass is 79.9. The standard InChI is InChI=1S/C12H17BrN4OS/c1-4-5-8-12(19-16-14-8)10(18)6-9-11(13)7(2)15-17(9)3/h10,18H,4-6H2,1-3H3. The van der Waals surface area contributed by atoms with Crippen molar-refractivity contribution in [1.29, 1.82) is 0 Å². The summed E-state index contributed by atoms with van der Waals surface area (Å²) in [5.74, 6) is 0. The second-order valence-electron chi connectivity index (χ2n) is 4.52. The fraction of sp³-hybridized carbons (Fsp3) is 0.583. The van der Waals surface area contributed by atoms with Crippen LogP contribution < -0.4 is 0 Å². The highest BCUT2D eigenvalue weighted by Gasteiger charge is 2.20. The van der Waals surface area contributed by atoms with E-state index in [1.165, 1.54) is 11.5 Å². The fourth-order valence-corrected chi connectivity index (χ4v) is 3.23. The summed E-state index contributed by atoms with van der Waals surface area (Å²) in [6.07, 6.45) is 1.79. The van der Waals surface area contributed by atoms with Crippen LogP contribution in [0.15, 0.2) is 4.47 Å². The van der Waals surface area contributed by atoms with Crippen molar-refractivity contribution < 1.29 is 5.11 Å². The third-order valence-corrected chi connectivity index (χ3v) is 4.92. The van der Waals surface area contributed by atoms with Crippen LogP contribution >= 0.6 is 27.5 Å². The number of aryl methyl sites for hydroxylation is 3. The molecule has 2 aromatic rings. The molecule has 19 heavy (non-hydrogen) atoms. The van der Waals surface area contributed by atoms with Crippen molar-refractivity contribution in [2.45, 2.75) is 39.2 Å². The first-order valence-electron chi connectivity index (χ1n) is 6.21. The zero-order chi connectivity index (χ0) is 14.0. The Morgan fingerprint density at radius 2 is 2.21 bits per heavy atom. The van der Waals surface area contributed by atoms with Crippen LogP contribution in [0.3, 0.4) is 0 Å². The lowest BCUT2D eigenvalue weighted by atomic mass is 10.1. The number of rotatable bonds is 5. The molecule has 0 amide bonds. The Kier molecular flexibility index (Phi) is 4.70. The number of aliphatic hydroxyl groups is 1. The van der Waals surface area contributed by atoms with Crippen molar-refractivity contribution >= 4 is 27.5 Å². The average molecular weight is 345 g/mol. The minimum atomic E-state index is -0.576. The van der Waals surface area contributed by atoms with Crippen molar-refractivity contribution in [3.63, 3.8) is 0 Å². The van der Waals surface area contributed by atoms with Crippen LogP contribution in [0.2, 0.25) is 0 Å². The zero-order valence-electron chi connectivity index (χ0n) is 11.2. The largest absolute Gasteiger partial charge is 0.387 e. The molecule has 0 spiro atoms. The molecule has 0 radical (unpaired) electrons. The SMILES string of the molecule is CCCc1nnsc1C(O)Cc1c(Br)c(C)nn1C. The summed E-state index contributed by atoms with van der Waals surface area (Å²) in [7, 11) is 1.89. The summed E-state index contributed by atoms with van der Waals surface area (Å²) >= 11 is 4.80. The normalized spacial score (nSPS) is 12.9. The van der Waals surface area contributed by atoms with Gasteiger partial charge in [-0.25, -0.2) is 0 Å². The smallest absolute Gasteiger partial charge is 0.0972 e. The minimum Gasteiger partial charge on any atom is -0.387 e. The van der Waals surface area contributed by atoms with E-state index in [4.69, 9.17) is 0 Å². The molecule has 0 aliphatic rings. The number of aromatic nitrogens is 4. The molecule has 104 valence electrons. The van der Waals surface area contributed by atoms with E-state index < -0.39 is 6.10 Å². The molecule has 2 rings (SSSR count). The van der Waals surface area contributed by atoms with Crippen molar-refractivity contribution in [1.82, 2.24) is 19.4 Å². The molecule has 1 atom stereocenters. The van der Waals surface area contributed by atoms with E-state index in [2.05, 4.69) is 37.5 Å². The third kappa shape index (κ3) is 3.04. The van der Waals surface area contributed by atoms with Crippen molar-refractivity contribution in [2.75, 3.05) is 0 Å². The highest BCUT2D eigenvalue weighted by Crippen LogP contribution is 2.28. The van der Waals surface area contributed by atoms with Gasteiger partial charge in [-0.1, -0.05) is 17.8 Å². The molecular weight excluding hydrogens is 328 g/mol. The lowest BCUT2D eigenvalue weighted by Crippen LogP contribution is -2.07. The first-order valence-corrected chi connectivity index (χ1v) is 7.78. The van der Waals surface area contributed by atoms with Gasteiger partial charge >= 0.3 is 0 Å².